The molecule has 0 bridgehead atoms. The summed E-state index contributed by atoms with van der Waals surface area (Å²) in [4.78, 5) is 10.7. The minimum atomic E-state index is -0.929. The summed E-state index contributed by atoms with van der Waals surface area (Å²) in [5, 5.41) is 9.12. The summed E-state index contributed by atoms with van der Waals surface area (Å²) in [6.45, 7) is 2.28. The molecule has 0 spiro atoms. The first-order valence-electron chi connectivity index (χ1n) is 4.79. The second-order valence-electron chi connectivity index (χ2n) is 3.10. The average Bonchev–Trinajstić information content (AvgIpc) is 2.21. The summed E-state index contributed by atoms with van der Waals surface area (Å²) >= 11 is 5.91. The Morgan fingerprint density at radius 2 is 2.12 bits per heavy atom. The van der Waals surface area contributed by atoms with E-state index in [0.29, 0.717) is 28.7 Å². The topological polar surface area (TPSA) is 55.8 Å². The van der Waals surface area contributed by atoms with Gasteiger partial charge < -0.3 is 14.6 Å². The van der Waals surface area contributed by atoms with Crippen LogP contribution in [0.3, 0.4) is 0 Å². The second kappa shape index (κ2) is 5.61. The number of halogens is 1. The third kappa shape index (κ3) is 3.03. The largest absolute Gasteiger partial charge is 0.495 e. The summed E-state index contributed by atoms with van der Waals surface area (Å²) in [6.07, 6.45) is -0.126. The van der Waals surface area contributed by atoms with E-state index in [1.807, 2.05) is 6.92 Å². The van der Waals surface area contributed by atoms with E-state index in [2.05, 4.69) is 0 Å². The van der Waals surface area contributed by atoms with Crippen LogP contribution in [-0.4, -0.2) is 24.8 Å². The molecular weight excluding hydrogens is 232 g/mol. The maximum Gasteiger partial charge on any atom is 0.307 e. The highest BCUT2D eigenvalue weighted by Crippen LogP contribution is 2.32. The fourth-order valence-electron chi connectivity index (χ4n) is 1.32. The zero-order valence-electron chi connectivity index (χ0n) is 9.12. The molecule has 1 aromatic rings. The zero-order valence-corrected chi connectivity index (χ0v) is 9.87. The molecule has 0 fully saturated rings. The average molecular weight is 245 g/mol. The molecule has 0 aliphatic carbocycles. The molecule has 4 nitrogen and oxygen atoms in total. The molecule has 0 saturated heterocycles. The van der Waals surface area contributed by atoms with Crippen LogP contribution >= 0.6 is 11.6 Å². The van der Waals surface area contributed by atoms with Gasteiger partial charge in [0.25, 0.3) is 0 Å². The van der Waals surface area contributed by atoms with Gasteiger partial charge in [0.2, 0.25) is 0 Å². The molecular formula is C11H13ClO4. The first kappa shape index (κ1) is 12.6. The Morgan fingerprint density at radius 1 is 1.44 bits per heavy atom. The summed E-state index contributed by atoms with van der Waals surface area (Å²) in [7, 11) is 1.49. The Labute approximate surface area is 98.7 Å². The summed E-state index contributed by atoms with van der Waals surface area (Å²) in [5.41, 5.74) is 0.542. The van der Waals surface area contributed by atoms with Crippen molar-refractivity contribution >= 4 is 17.6 Å². The SMILES string of the molecule is CCOc1cc(OC)c(Cl)cc1CC(=O)O. The highest BCUT2D eigenvalue weighted by Gasteiger charge is 2.12. The number of ether oxygens (including phenoxy) is 2. The molecule has 0 radical (unpaired) electrons. The highest BCUT2D eigenvalue weighted by atomic mass is 35.5. The first-order chi connectivity index (χ1) is 7.58. The lowest BCUT2D eigenvalue weighted by Crippen LogP contribution is -2.04. The molecule has 0 aromatic heterocycles. The molecule has 1 rings (SSSR count). The van der Waals surface area contributed by atoms with E-state index in [1.54, 1.807) is 12.1 Å². The van der Waals surface area contributed by atoms with Crippen molar-refractivity contribution in [1.29, 1.82) is 0 Å². The van der Waals surface area contributed by atoms with Gasteiger partial charge in [0.15, 0.2) is 0 Å². The molecule has 0 atom stereocenters. The lowest BCUT2D eigenvalue weighted by Gasteiger charge is -2.12. The van der Waals surface area contributed by atoms with E-state index in [9.17, 15) is 4.79 Å². The molecule has 88 valence electrons. The van der Waals surface area contributed by atoms with E-state index >= 15 is 0 Å². The Kier molecular flexibility index (Phi) is 4.43. The number of hydrogen-bond donors (Lipinski definition) is 1. The number of aliphatic carboxylic acids is 1. The lowest BCUT2D eigenvalue weighted by atomic mass is 10.1. The normalized spacial score (nSPS) is 9.94. The third-order valence-electron chi connectivity index (χ3n) is 1.98. The van der Waals surface area contributed by atoms with E-state index in [1.165, 1.54) is 7.11 Å². The summed E-state index contributed by atoms with van der Waals surface area (Å²) < 4.78 is 10.4. The Hall–Kier alpha value is -1.42. The van der Waals surface area contributed by atoms with Gasteiger partial charge in [0.05, 0.1) is 25.2 Å². The van der Waals surface area contributed by atoms with Crippen molar-refractivity contribution in [2.24, 2.45) is 0 Å². The van der Waals surface area contributed by atoms with Crippen LogP contribution in [0.5, 0.6) is 11.5 Å². The predicted molar refractivity (Wildman–Crippen MR) is 60.5 cm³/mol. The maximum absolute atomic E-state index is 10.7. The van der Waals surface area contributed by atoms with Crippen molar-refractivity contribution in [2.45, 2.75) is 13.3 Å². The molecule has 0 heterocycles. The number of carboxylic acids is 1. The molecule has 0 amide bonds. The van der Waals surface area contributed by atoms with E-state index in [-0.39, 0.29) is 6.42 Å². The van der Waals surface area contributed by atoms with Crippen LogP contribution in [0.25, 0.3) is 0 Å². The van der Waals surface area contributed by atoms with Crippen LogP contribution in [0.4, 0.5) is 0 Å². The van der Waals surface area contributed by atoms with Gasteiger partial charge in [-0.15, -0.1) is 0 Å². The Morgan fingerprint density at radius 3 is 2.62 bits per heavy atom. The zero-order chi connectivity index (χ0) is 12.1. The van der Waals surface area contributed by atoms with Crippen LogP contribution < -0.4 is 9.47 Å². The quantitative estimate of drug-likeness (QED) is 0.864. The molecule has 16 heavy (non-hydrogen) atoms. The summed E-state index contributed by atoms with van der Waals surface area (Å²) in [5.74, 6) is 0.0348. The second-order valence-corrected chi connectivity index (χ2v) is 3.51. The number of benzene rings is 1. The van der Waals surface area contributed by atoms with E-state index in [4.69, 9.17) is 26.2 Å². The molecule has 0 aliphatic rings. The van der Waals surface area contributed by atoms with Crippen molar-refractivity contribution < 1.29 is 19.4 Å². The van der Waals surface area contributed by atoms with Crippen LogP contribution in [0.15, 0.2) is 12.1 Å². The summed E-state index contributed by atoms with van der Waals surface area (Å²) in [6, 6.07) is 3.16. The minimum Gasteiger partial charge on any atom is -0.495 e. The number of methoxy groups -OCH3 is 1. The predicted octanol–water partition coefficient (Wildman–Crippen LogP) is 2.37. The number of hydrogen-bond acceptors (Lipinski definition) is 3. The van der Waals surface area contributed by atoms with Gasteiger partial charge in [-0.25, -0.2) is 0 Å². The lowest BCUT2D eigenvalue weighted by molar-refractivity contribution is -0.136. The maximum atomic E-state index is 10.7. The van der Waals surface area contributed by atoms with Crippen molar-refractivity contribution in [3.63, 3.8) is 0 Å². The smallest absolute Gasteiger partial charge is 0.307 e. The standard InChI is InChI=1S/C11H13ClO4/c1-3-16-9-6-10(15-2)8(12)4-7(9)5-11(13)14/h4,6H,3,5H2,1-2H3,(H,13,14). The fraction of sp³-hybridized carbons (Fsp3) is 0.364. The first-order valence-corrected chi connectivity index (χ1v) is 5.17. The van der Waals surface area contributed by atoms with E-state index < -0.39 is 5.97 Å². The molecule has 0 saturated carbocycles. The van der Waals surface area contributed by atoms with Crippen molar-refractivity contribution in [3.05, 3.63) is 22.7 Å². The molecule has 1 N–H and O–H groups in total. The van der Waals surface area contributed by atoms with Gasteiger partial charge in [-0.05, 0) is 13.0 Å². The Balaban J connectivity index is 3.13. The Bertz CT molecular complexity index is 390. The number of carbonyl (C=O) groups is 1. The number of carboxylic acid groups (broad SMARTS) is 1. The third-order valence-corrected chi connectivity index (χ3v) is 2.27. The molecule has 5 heteroatoms. The molecule has 1 aromatic carbocycles. The minimum absolute atomic E-state index is 0.126. The van der Waals surface area contributed by atoms with Gasteiger partial charge in [-0.3, -0.25) is 4.79 Å². The van der Waals surface area contributed by atoms with E-state index in [0.717, 1.165) is 0 Å². The van der Waals surface area contributed by atoms with Gasteiger partial charge >= 0.3 is 5.97 Å². The van der Waals surface area contributed by atoms with Gasteiger partial charge in [0, 0.05) is 11.6 Å². The van der Waals surface area contributed by atoms with Crippen molar-refractivity contribution in [3.8, 4) is 11.5 Å². The molecule has 0 aliphatic heterocycles. The highest BCUT2D eigenvalue weighted by molar-refractivity contribution is 6.32. The monoisotopic (exact) mass is 244 g/mol. The van der Waals surface area contributed by atoms with Crippen molar-refractivity contribution in [2.75, 3.05) is 13.7 Å². The van der Waals surface area contributed by atoms with Crippen LogP contribution in [0.1, 0.15) is 12.5 Å². The fourth-order valence-corrected chi connectivity index (χ4v) is 1.59. The van der Waals surface area contributed by atoms with Crippen molar-refractivity contribution in [1.82, 2.24) is 0 Å². The van der Waals surface area contributed by atoms with Gasteiger partial charge in [-0.1, -0.05) is 11.6 Å². The van der Waals surface area contributed by atoms with Gasteiger partial charge in [0.1, 0.15) is 11.5 Å². The number of rotatable bonds is 5. The van der Waals surface area contributed by atoms with Crippen LogP contribution in [0, 0.1) is 0 Å². The van der Waals surface area contributed by atoms with Crippen LogP contribution in [0.2, 0.25) is 5.02 Å². The molecule has 0 unspecified atom stereocenters. The van der Waals surface area contributed by atoms with Gasteiger partial charge in [-0.2, -0.15) is 0 Å². The van der Waals surface area contributed by atoms with Crippen LogP contribution in [-0.2, 0) is 11.2 Å².